The van der Waals surface area contributed by atoms with E-state index in [-0.39, 0.29) is 6.04 Å². The Hall–Kier alpha value is -1.51. The lowest BCUT2D eigenvalue weighted by molar-refractivity contribution is 0.414. The van der Waals surface area contributed by atoms with Crippen LogP contribution in [0.3, 0.4) is 0 Å². The lowest BCUT2D eigenvalue weighted by atomic mass is 9.90. The number of hydrogen-bond donors (Lipinski definition) is 1. The van der Waals surface area contributed by atoms with Crippen molar-refractivity contribution in [1.29, 1.82) is 0 Å². The van der Waals surface area contributed by atoms with E-state index < -0.39 is 0 Å². The summed E-state index contributed by atoms with van der Waals surface area (Å²) in [7, 11) is 3.62. The van der Waals surface area contributed by atoms with E-state index in [1.54, 1.807) is 7.11 Å². The smallest absolute Gasteiger partial charge is 0.137 e. The van der Waals surface area contributed by atoms with E-state index in [9.17, 15) is 0 Å². The minimum Gasteiger partial charge on any atom is -0.495 e. The van der Waals surface area contributed by atoms with Crippen molar-refractivity contribution in [3.05, 3.63) is 63.2 Å². The third-order valence-electron chi connectivity index (χ3n) is 3.82. The van der Waals surface area contributed by atoms with Gasteiger partial charge in [-0.2, -0.15) is 0 Å². The summed E-state index contributed by atoms with van der Waals surface area (Å²) < 4.78 is 5.34. The molecule has 2 nitrogen and oxygen atoms in total. The number of ether oxygens (including phenoxy) is 1. The van der Waals surface area contributed by atoms with Gasteiger partial charge in [0.2, 0.25) is 0 Å². The maximum absolute atomic E-state index is 6.13. The molecular weight excluding hydrogens is 282 g/mol. The summed E-state index contributed by atoms with van der Waals surface area (Å²) in [4.78, 5) is 0. The predicted octanol–water partition coefficient (Wildman–Crippen LogP) is 4.58. The highest BCUT2D eigenvalue weighted by Crippen LogP contribution is 2.33. The summed E-state index contributed by atoms with van der Waals surface area (Å²) in [6, 6.07) is 10.5. The molecule has 0 aliphatic heterocycles. The number of methoxy groups -OCH3 is 1. The monoisotopic (exact) mass is 303 g/mol. The Labute approximate surface area is 132 Å². The third-order valence-corrected chi connectivity index (χ3v) is 4.14. The third kappa shape index (κ3) is 3.22. The highest BCUT2D eigenvalue weighted by atomic mass is 35.5. The molecule has 2 aromatic carbocycles. The van der Waals surface area contributed by atoms with Crippen LogP contribution in [0.1, 0.15) is 33.9 Å². The van der Waals surface area contributed by atoms with Crippen LogP contribution < -0.4 is 10.1 Å². The van der Waals surface area contributed by atoms with E-state index in [0.717, 1.165) is 5.56 Å². The molecule has 112 valence electrons. The van der Waals surface area contributed by atoms with Crippen LogP contribution >= 0.6 is 11.6 Å². The van der Waals surface area contributed by atoms with E-state index in [4.69, 9.17) is 16.3 Å². The second kappa shape index (κ2) is 6.50. The highest BCUT2D eigenvalue weighted by Gasteiger charge is 2.18. The fourth-order valence-electron chi connectivity index (χ4n) is 2.98. The van der Waals surface area contributed by atoms with Crippen molar-refractivity contribution in [1.82, 2.24) is 5.32 Å². The van der Waals surface area contributed by atoms with Crippen LogP contribution in [-0.4, -0.2) is 14.2 Å². The molecule has 0 bridgehead atoms. The van der Waals surface area contributed by atoms with Crippen LogP contribution in [0, 0.1) is 20.8 Å². The molecule has 0 heterocycles. The summed E-state index contributed by atoms with van der Waals surface area (Å²) in [6.45, 7) is 6.45. The molecule has 21 heavy (non-hydrogen) atoms. The number of halogens is 1. The quantitative estimate of drug-likeness (QED) is 0.892. The van der Waals surface area contributed by atoms with E-state index >= 15 is 0 Å². The second-order valence-electron chi connectivity index (χ2n) is 5.43. The summed E-state index contributed by atoms with van der Waals surface area (Å²) in [6.07, 6.45) is 0. The number of aryl methyl sites for hydroxylation is 3. The summed E-state index contributed by atoms with van der Waals surface area (Å²) in [5.41, 5.74) is 6.33. The Morgan fingerprint density at radius 2 is 1.67 bits per heavy atom. The number of benzene rings is 2. The molecule has 2 aromatic rings. The van der Waals surface area contributed by atoms with Gasteiger partial charge in [0.25, 0.3) is 0 Å². The second-order valence-corrected chi connectivity index (χ2v) is 5.84. The zero-order valence-electron chi connectivity index (χ0n) is 13.3. The van der Waals surface area contributed by atoms with Crippen LogP contribution in [0.4, 0.5) is 0 Å². The molecule has 2 rings (SSSR count). The van der Waals surface area contributed by atoms with Crippen molar-refractivity contribution in [2.45, 2.75) is 26.8 Å². The summed E-state index contributed by atoms with van der Waals surface area (Å²) in [5.74, 6) is 0.705. The molecule has 0 saturated carbocycles. The number of nitrogens with one attached hydrogen (secondary N) is 1. The summed E-state index contributed by atoms with van der Waals surface area (Å²) >= 11 is 6.13. The van der Waals surface area contributed by atoms with Crippen LogP contribution in [0.2, 0.25) is 5.02 Å². The molecule has 0 amide bonds. The minimum atomic E-state index is 0.122. The largest absolute Gasteiger partial charge is 0.495 e. The van der Waals surface area contributed by atoms with Gasteiger partial charge >= 0.3 is 0 Å². The minimum absolute atomic E-state index is 0.122. The first-order chi connectivity index (χ1) is 9.97. The Bertz CT molecular complexity index is 629. The Kier molecular flexibility index (Phi) is 4.92. The van der Waals surface area contributed by atoms with Gasteiger partial charge in [-0.05, 0) is 62.2 Å². The normalized spacial score (nSPS) is 12.3. The molecule has 0 radical (unpaired) electrons. The molecule has 0 spiro atoms. The van der Waals surface area contributed by atoms with Gasteiger partial charge < -0.3 is 10.1 Å². The first-order valence-corrected chi connectivity index (χ1v) is 7.44. The van der Waals surface area contributed by atoms with E-state index in [1.807, 2.05) is 25.2 Å². The van der Waals surface area contributed by atoms with E-state index in [2.05, 4.69) is 38.2 Å². The molecule has 0 saturated heterocycles. The van der Waals surface area contributed by atoms with Crippen LogP contribution in [0.15, 0.2) is 30.3 Å². The van der Waals surface area contributed by atoms with Crippen molar-refractivity contribution >= 4 is 11.6 Å². The molecule has 3 heteroatoms. The van der Waals surface area contributed by atoms with Crippen molar-refractivity contribution in [2.24, 2.45) is 0 Å². The van der Waals surface area contributed by atoms with Gasteiger partial charge in [-0.15, -0.1) is 0 Å². The summed E-state index contributed by atoms with van der Waals surface area (Å²) in [5, 5.41) is 4.04. The van der Waals surface area contributed by atoms with Crippen molar-refractivity contribution in [2.75, 3.05) is 14.2 Å². The average Bonchev–Trinajstić information content (AvgIpc) is 2.43. The molecule has 0 fully saturated rings. The van der Waals surface area contributed by atoms with E-state index in [0.29, 0.717) is 10.8 Å². The van der Waals surface area contributed by atoms with Gasteiger partial charge in [0.1, 0.15) is 5.75 Å². The van der Waals surface area contributed by atoms with Crippen LogP contribution in [0.5, 0.6) is 5.75 Å². The first kappa shape index (κ1) is 15.9. The standard InChI is InChI=1S/C18H22ClNO/c1-11-8-12(2)17(13(3)9-11)18(20-4)14-6-7-15(19)16(10-14)21-5/h6-10,18,20H,1-5H3. The van der Waals surface area contributed by atoms with Crippen molar-refractivity contribution in [3.8, 4) is 5.75 Å². The Balaban J connectivity index is 2.55. The SMILES string of the molecule is CNC(c1ccc(Cl)c(OC)c1)c1c(C)cc(C)cc1C. The highest BCUT2D eigenvalue weighted by molar-refractivity contribution is 6.32. The predicted molar refractivity (Wildman–Crippen MR) is 89.6 cm³/mol. The average molecular weight is 304 g/mol. The fourth-order valence-corrected chi connectivity index (χ4v) is 3.17. The Morgan fingerprint density at radius 1 is 1.05 bits per heavy atom. The molecule has 1 N–H and O–H groups in total. The fraction of sp³-hybridized carbons (Fsp3) is 0.333. The lowest BCUT2D eigenvalue weighted by Gasteiger charge is -2.23. The van der Waals surface area contributed by atoms with Crippen molar-refractivity contribution < 1.29 is 4.74 Å². The molecule has 1 unspecified atom stereocenters. The molecule has 1 atom stereocenters. The van der Waals surface area contributed by atoms with Crippen LogP contribution in [-0.2, 0) is 0 Å². The van der Waals surface area contributed by atoms with Gasteiger partial charge in [0, 0.05) is 0 Å². The maximum Gasteiger partial charge on any atom is 0.137 e. The molecule has 0 aliphatic rings. The molecule has 0 aromatic heterocycles. The zero-order valence-corrected chi connectivity index (χ0v) is 14.0. The zero-order chi connectivity index (χ0) is 15.6. The molecular formula is C18H22ClNO. The maximum atomic E-state index is 6.13. The van der Waals surface area contributed by atoms with Gasteiger partial charge in [-0.3, -0.25) is 0 Å². The topological polar surface area (TPSA) is 21.3 Å². The first-order valence-electron chi connectivity index (χ1n) is 7.06. The van der Waals surface area contributed by atoms with Crippen molar-refractivity contribution in [3.63, 3.8) is 0 Å². The number of rotatable bonds is 4. The van der Waals surface area contributed by atoms with Crippen LogP contribution in [0.25, 0.3) is 0 Å². The van der Waals surface area contributed by atoms with Gasteiger partial charge in [0.15, 0.2) is 0 Å². The Morgan fingerprint density at radius 3 is 2.19 bits per heavy atom. The lowest BCUT2D eigenvalue weighted by Crippen LogP contribution is -2.20. The molecule has 0 aliphatic carbocycles. The van der Waals surface area contributed by atoms with E-state index in [1.165, 1.54) is 22.3 Å². The number of hydrogen-bond acceptors (Lipinski definition) is 2. The van der Waals surface area contributed by atoms with Gasteiger partial charge in [-0.1, -0.05) is 35.4 Å². The van der Waals surface area contributed by atoms with Gasteiger partial charge in [0.05, 0.1) is 18.2 Å². The van der Waals surface area contributed by atoms with Gasteiger partial charge in [-0.25, -0.2) is 0 Å².